The monoisotopic (exact) mass is 235 g/mol. The van der Waals surface area contributed by atoms with Gasteiger partial charge >= 0.3 is 0 Å². The number of likely N-dealkylation sites (tertiary alicyclic amines) is 1. The van der Waals surface area contributed by atoms with Crippen LogP contribution in [0.4, 0.5) is 0 Å². The zero-order valence-corrected chi connectivity index (χ0v) is 11.0. The molecule has 1 saturated carbocycles. The highest BCUT2D eigenvalue weighted by Gasteiger charge is 2.44. The van der Waals surface area contributed by atoms with Crippen LogP contribution >= 0.6 is 0 Å². The van der Waals surface area contributed by atoms with Gasteiger partial charge in [0.15, 0.2) is 0 Å². The van der Waals surface area contributed by atoms with Crippen molar-refractivity contribution in [2.75, 3.05) is 13.1 Å². The van der Waals surface area contributed by atoms with Crippen LogP contribution in [-0.4, -0.2) is 29.6 Å². The molecule has 17 heavy (non-hydrogen) atoms. The van der Waals surface area contributed by atoms with E-state index in [4.69, 9.17) is 5.73 Å². The summed E-state index contributed by atoms with van der Waals surface area (Å²) in [6, 6.07) is 3.03. The largest absolute Gasteiger partial charge is 0.312 e. The molecule has 96 valence electrons. The molecule has 2 atom stereocenters. The third-order valence-corrected chi connectivity index (χ3v) is 4.45. The van der Waals surface area contributed by atoms with Crippen LogP contribution < -0.4 is 5.73 Å². The first kappa shape index (κ1) is 12.9. The number of nitriles is 1. The van der Waals surface area contributed by atoms with Crippen molar-refractivity contribution in [3.63, 3.8) is 0 Å². The van der Waals surface area contributed by atoms with E-state index in [1.165, 1.54) is 32.1 Å². The lowest BCUT2D eigenvalue weighted by molar-refractivity contribution is 0.159. The molecule has 1 aliphatic carbocycles. The zero-order valence-electron chi connectivity index (χ0n) is 11.0. The average molecular weight is 235 g/mol. The van der Waals surface area contributed by atoms with Crippen molar-refractivity contribution in [2.45, 2.75) is 63.5 Å². The second kappa shape index (κ2) is 5.37. The smallest absolute Gasteiger partial charge is 0.119 e. The minimum Gasteiger partial charge on any atom is -0.312 e. The van der Waals surface area contributed by atoms with Crippen LogP contribution in [0.2, 0.25) is 0 Å². The molecule has 2 rings (SSSR count). The average Bonchev–Trinajstić information content (AvgIpc) is 3.16. The highest BCUT2D eigenvalue weighted by atomic mass is 15.2. The standard InChI is InChI=1S/C14H25N3/c1-2-13-6-4-3-5-9-17(13)11-14(16,10-15)12-7-8-12/h12-13H,2-9,11,16H2,1H3. The Morgan fingerprint density at radius 3 is 2.65 bits per heavy atom. The number of nitrogens with two attached hydrogens (primary N) is 1. The molecular weight excluding hydrogens is 210 g/mol. The molecule has 0 aromatic heterocycles. The van der Waals surface area contributed by atoms with Crippen molar-refractivity contribution in [2.24, 2.45) is 11.7 Å². The molecule has 1 aliphatic heterocycles. The summed E-state index contributed by atoms with van der Waals surface area (Å²) in [5, 5.41) is 9.35. The normalized spacial score (nSPS) is 30.3. The maximum absolute atomic E-state index is 9.35. The van der Waals surface area contributed by atoms with Crippen molar-refractivity contribution < 1.29 is 0 Å². The molecule has 2 unspecified atom stereocenters. The van der Waals surface area contributed by atoms with Crippen molar-refractivity contribution in [1.29, 1.82) is 5.26 Å². The predicted octanol–water partition coefficient (Wildman–Crippen LogP) is 2.27. The summed E-state index contributed by atoms with van der Waals surface area (Å²) in [5.41, 5.74) is 5.71. The first-order valence-corrected chi connectivity index (χ1v) is 7.14. The summed E-state index contributed by atoms with van der Waals surface area (Å²) in [6.07, 6.45) is 8.70. The lowest BCUT2D eigenvalue weighted by Gasteiger charge is -2.35. The van der Waals surface area contributed by atoms with E-state index in [9.17, 15) is 5.26 Å². The van der Waals surface area contributed by atoms with E-state index < -0.39 is 5.54 Å². The SMILES string of the molecule is CCC1CCCCCN1CC(N)(C#N)C1CC1. The number of hydrogen-bond acceptors (Lipinski definition) is 3. The summed E-state index contributed by atoms with van der Waals surface area (Å²) in [7, 11) is 0. The summed E-state index contributed by atoms with van der Waals surface area (Å²) in [6.45, 7) is 4.17. The van der Waals surface area contributed by atoms with Crippen LogP contribution in [0.25, 0.3) is 0 Å². The van der Waals surface area contributed by atoms with Gasteiger partial charge in [-0.25, -0.2) is 0 Å². The van der Waals surface area contributed by atoms with Gasteiger partial charge in [0.2, 0.25) is 0 Å². The van der Waals surface area contributed by atoms with E-state index in [-0.39, 0.29) is 0 Å². The van der Waals surface area contributed by atoms with Gasteiger partial charge < -0.3 is 5.73 Å². The van der Waals surface area contributed by atoms with Gasteiger partial charge in [-0.3, -0.25) is 4.90 Å². The van der Waals surface area contributed by atoms with Crippen LogP contribution in [0.15, 0.2) is 0 Å². The Kier molecular flexibility index (Phi) is 4.06. The Morgan fingerprint density at radius 2 is 2.06 bits per heavy atom. The summed E-state index contributed by atoms with van der Waals surface area (Å²) in [5.74, 6) is 0.452. The zero-order chi connectivity index (χ0) is 12.3. The predicted molar refractivity (Wildman–Crippen MR) is 69.4 cm³/mol. The quantitative estimate of drug-likeness (QED) is 0.813. The molecule has 2 aliphatic rings. The van der Waals surface area contributed by atoms with Crippen LogP contribution in [0.3, 0.4) is 0 Å². The lowest BCUT2D eigenvalue weighted by atomic mass is 9.94. The second-order valence-electron chi connectivity index (χ2n) is 5.81. The fourth-order valence-electron chi connectivity index (χ4n) is 3.10. The van der Waals surface area contributed by atoms with Gasteiger partial charge in [0.25, 0.3) is 0 Å². The molecule has 0 aromatic carbocycles. The van der Waals surface area contributed by atoms with Gasteiger partial charge in [-0.05, 0) is 44.6 Å². The Balaban J connectivity index is 2.01. The summed E-state index contributed by atoms with van der Waals surface area (Å²) in [4.78, 5) is 2.49. The number of nitrogens with zero attached hydrogens (tertiary/aromatic N) is 2. The van der Waals surface area contributed by atoms with Crippen molar-refractivity contribution in [1.82, 2.24) is 4.90 Å². The van der Waals surface area contributed by atoms with E-state index in [1.807, 2.05) is 0 Å². The highest BCUT2D eigenvalue weighted by molar-refractivity contribution is 5.15. The third-order valence-electron chi connectivity index (χ3n) is 4.45. The molecule has 2 fully saturated rings. The van der Waals surface area contributed by atoms with Gasteiger partial charge in [-0.1, -0.05) is 19.8 Å². The van der Waals surface area contributed by atoms with Crippen molar-refractivity contribution in [3.05, 3.63) is 0 Å². The van der Waals surface area contributed by atoms with Gasteiger partial charge in [-0.15, -0.1) is 0 Å². The first-order valence-electron chi connectivity index (χ1n) is 7.14. The fourth-order valence-corrected chi connectivity index (χ4v) is 3.10. The van der Waals surface area contributed by atoms with Gasteiger partial charge in [0, 0.05) is 12.6 Å². The summed E-state index contributed by atoms with van der Waals surface area (Å²) >= 11 is 0. The first-order chi connectivity index (χ1) is 8.19. The van der Waals surface area contributed by atoms with Gasteiger partial charge in [0.05, 0.1) is 6.07 Å². The molecular formula is C14H25N3. The van der Waals surface area contributed by atoms with E-state index in [0.717, 1.165) is 25.9 Å². The van der Waals surface area contributed by atoms with Crippen LogP contribution in [0, 0.1) is 17.2 Å². The Bertz CT molecular complexity index is 292. The second-order valence-corrected chi connectivity index (χ2v) is 5.81. The van der Waals surface area contributed by atoms with Gasteiger partial charge in [-0.2, -0.15) is 5.26 Å². The van der Waals surface area contributed by atoms with E-state index in [0.29, 0.717) is 12.0 Å². The molecule has 0 spiro atoms. The molecule has 1 saturated heterocycles. The topological polar surface area (TPSA) is 53.0 Å². The molecule has 0 radical (unpaired) electrons. The number of hydrogen-bond donors (Lipinski definition) is 1. The Morgan fingerprint density at radius 1 is 1.29 bits per heavy atom. The van der Waals surface area contributed by atoms with Crippen LogP contribution in [0.5, 0.6) is 0 Å². The van der Waals surface area contributed by atoms with Crippen LogP contribution in [-0.2, 0) is 0 Å². The fraction of sp³-hybridized carbons (Fsp3) is 0.929. The maximum Gasteiger partial charge on any atom is 0.119 e. The molecule has 3 nitrogen and oxygen atoms in total. The van der Waals surface area contributed by atoms with Crippen molar-refractivity contribution >= 4 is 0 Å². The maximum atomic E-state index is 9.35. The molecule has 3 heteroatoms. The Hall–Kier alpha value is -0.590. The van der Waals surface area contributed by atoms with Gasteiger partial charge in [0.1, 0.15) is 5.54 Å². The van der Waals surface area contributed by atoms with E-state index in [2.05, 4.69) is 17.9 Å². The number of rotatable bonds is 4. The molecule has 2 N–H and O–H groups in total. The van der Waals surface area contributed by atoms with Crippen molar-refractivity contribution in [3.8, 4) is 6.07 Å². The van der Waals surface area contributed by atoms with E-state index in [1.54, 1.807) is 0 Å². The highest BCUT2D eigenvalue weighted by Crippen LogP contribution is 2.39. The minimum atomic E-state index is -0.586. The Labute approximate surface area is 105 Å². The van der Waals surface area contributed by atoms with Crippen LogP contribution in [0.1, 0.15) is 51.9 Å². The third kappa shape index (κ3) is 3.00. The molecule has 0 bridgehead atoms. The van der Waals surface area contributed by atoms with E-state index >= 15 is 0 Å². The molecule has 0 aromatic rings. The summed E-state index contributed by atoms with van der Waals surface area (Å²) < 4.78 is 0. The minimum absolute atomic E-state index is 0.452. The lowest BCUT2D eigenvalue weighted by Crippen LogP contribution is -2.53. The molecule has 1 heterocycles. The molecule has 0 amide bonds.